The summed E-state index contributed by atoms with van der Waals surface area (Å²) >= 11 is 2.91. The van der Waals surface area contributed by atoms with Gasteiger partial charge in [-0.1, -0.05) is 17.4 Å². The first kappa shape index (κ1) is 26.1. The number of carbonyl (C=O) groups is 2. The minimum absolute atomic E-state index is 0.102. The minimum Gasteiger partial charge on any atom is -0.361 e. The van der Waals surface area contributed by atoms with Crippen LogP contribution >= 0.6 is 22.7 Å². The molecule has 12 heteroatoms. The Labute approximate surface area is 238 Å². The van der Waals surface area contributed by atoms with Gasteiger partial charge in [0.05, 0.1) is 12.8 Å². The van der Waals surface area contributed by atoms with Gasteiger partial charge in [-0.3, -0.25) is 19.6 Å². The van der Waals surface area contributed by atoms with Crippen LogP contribution in [0.3, 0.4) is 0 Å². The number of aromatic amines is 1. The normalized spacial score (nSPS) is 12.4. The van der Waals surface area contributed by atoms with Gasteiger partial charge in [-0.15, -0.1) is 31.7 Å². The Bertz CT molecular complexity index is 1700. The van der Waals surface area contributed by atoms with Crippen LogP contribution in [0.15, 0.2) is 49.2 Å². The molecule has 0 radical (unpaired) electrons. The van der Waals surface area contributed by atoms with Crippen molar-refractivity contribution in [1.29, 1.82) is 0 Å². The highest BCUT2D eigenvalue weighted by molar-refractivity contribution is 7.15. The Morgan fingerprint density at radius 3 is 2.55 bits per heavy atom. The monoisotopic (exact) mass is 570 g/mol. The maximum absolute atomic E-state index is 12.6. The summed E-state index contributed by atoms with van der Waals surface area (Å²) in [7, 11) is 0. The van der Waals surface area contributed by atoms with Crippen molar-refractivity contribution in [3.8, 4) is 0 Å². The summed E-state index contributed by atoms with van der Waals surface area (Å²) in [5, 5.41) is 23.8. The second-order valence-electron chi connectivity index (χ2n) is 9.62. The van der Waals surface area contributed by atoms with E-state index in [1.807, 2.05) is 24.5 Å². The SMILES string of the molecule is O=C(Cc1nnc(CCCCc2nnc(NC(=O)CC3=CCc4ccncc43)s2)s1)Cc1c[nH]c2ccncc12. The number of pyridine rings is 2. The number of ketones is 1. The van der Waals surface area contributed by atoms with Crippen molar-refractivity contribution in [2.45, 2.75) is 51.4 Å². The molecule has 0 saturated heterocycles. The third-order valence-corrected chi connectivity index (χ3v) is 8.62. The highest BCUT2D eigenvalue weighted by Gasteiger charge is 2.18. The number of aromatic nitrogens is 7. The van der Waals surface area contributed by atoms with Gasteiger partial charge in [0.1, 0.15) is 20.8 Å². The molecule has 5 aromatic heterocycles. The molecule has 0 saturated carbocycles. The molecule has 202 valence electrons. The number of hydrogen-bond donors (Lipinski definition) is 2. The number of fused-ring (bicyclic) bond motifs is 2. The van der Waals surface area contributed by atoms with E-state index in [1.165, 1.54) is 28.2 Å². The van der Waals surface area contributed by atoms with E-state index in [0.29, 0.717) is 18.0 Å². The van der Waals surface area contributed by atoms with Crippen LogP contribution in [-0.2, 0) is 41.7 Å². The fraction of sp³-hybridized carbons (Fsp3) is 0.286. The van der Waals surface area contributed by atoms with Crippen molar-refractivity contribution in [2.24, 2.45) is 0 Å². The molecule has 5 heterocycles. The number of aryl methyl sites for hydroxylation is 2. The third-order valence-electron chi connectivity index (χ3n) is 6.73. The molecular weight excluding hydrogens is 544 g/mol. The molecule has 5 aromatic rings. The highest BCUT2D eigenvalue weighted by atomic mass is 32.1. The van der Waals surface area contributed by atoms with E-state index in [2.05, 4.69) is 46.7 Å². The molecule has 0 atom stereocenters. The number of hydrogen-bond acceptors (Lipinski definition) is 10. The number of nitrogens with one attached hydrogen (secondary N) is 2. The van der Waals surface area contributed by atoms with Gasteiger partial charge in [0.25, 0.3) is 0 Å². The van der Waals surface area contributed by atoms with Crippen LogP contribution < -0.4 is 5.32 Å². The molecule has 0 bridgehead atoms. The van der Waals surface area contributed by atoms with E-state index in [1.54, 1.807) is 18.6 Å². The summed E-state index contributed by atoms with van der Waals surface area (Å²) in [6.07, 6.45) is 16.2. The summed E-state index contributed by atoms with van der Waals surface area (Å²) in [5.41, 5.74) is 5.18. The van der Waals surface area contributed by atoms with Crippen molar-refractivity contribution < 1.29 is 9.59 Å². The Balaban J connectivity index is 0.915. The largest absolute Gasteiger partial charge is 0.361 e. The molecule has 1 aliphatic carbocycles. The standard InChI is InChI=1S/C28H26N8O2S2/c37-20(11-19-14-31-23-8-10-30-16-22(19)23)13-27-35-33-25(39-27)3-1-2-4-26-34-36-28(40-26)32-24(38)12-18-6-5-17-7-9-29-15-21(17)18/h6-10,14-16,31H,1-5,11-13H2,(H,32,36,38). The van der Waals surface area contributed by atoms with Gasteiger partial charge in [0.2, 0.25) is 11.0 Å². The van der Waals surface area contributed by atoms with Gasteiger partial charge in [0, 0.05) is 61.1 Å². The summed E-state index contributed by atoms with van der Waals surface area (Å²) in [5.74, 6) is 0.00285. The van der Waals surface area contributed by atoms with Crippen LogP contribution in [0.4, 0.5) is 5.13 Å². The minimum atomic E-state index is -0.102. The highest BCUT2D eigenvalue weighted by Crippen LogP contribution is 2.29. The zero-order valence-electron chi connectivity index (χ0n) is 21.6. The van der Waals surface area contributed by atoms with Gasteiger partial charge in [-0.25, -0.2) is 0 Å². The predicted octanol–water partition coefficient (Wildman–Crippen LogP) is 4.55. The van der Waals surface area contributed by atoms with E-state index >= 15 is 0 Å². The van der Waals surface area contributed by atoms with Gasteiger partial charge in [0.15, 0.2) is 0 Å². The van der Waals surface area contributed by atoms with Crippen molar-refractivity contribution >= 4 is 56.0 Å². The third kappa shape index (κ3) is 6.18. The average molecular weight is 571 g/mol. The Morgan fingerprint density at radius 1 is 0.875 bits per heavy atom. The average Bonchev–Trinajstić information content (AvgIpc) is 3.76. The number of amides is 1. The first-order valence-electron chi connectivity index (χ1n) is 13.1. The molecular formula is C28H26N8O2S2. The maximum Gasteiger partial charge on any atom is 0.230 e. The van der Waals surface area contributed by atoms with Crippen molar-refractivity contribution in [3.05, 3.63) is 80.9 Å². The molecule has 0 aliphatic heterocycles. The fourth-order valence-corrected chi connectivity index (χ4v) is 6.48. The molecule has 6 rings (SSSR count). The molecule has 0 aromatic carbocycles. The predicted molar refractivity (Wildman–Crippen MR) is 154 cm³/mol. The van der Waals surface area contributed by atoms with Crippen LogP contribution in [0.25, 0.3) is 16.5 Å². The molecule has 0 fully saturated rings. The zero-order valence-corrected chi connectivity index (χ0v) is 23.2. The van der Waals surface area contributed by atoms with Crippen LogP contribution in [0.5, 0.6) is 0 Å². The molecule has 1 amide bonds. The van der Waals surface area contributed by atoms with Crippen molar-refractivity contribution in [3.63, 3.8) is 0 Å². The van der Waals surface area contributed by atoms with E-state index in [0.717, 1.165) is 74.7 Å². The Kier molecular flexibility index (Phi) is 7.78. The lowest BCUT2D eigenvalue weighted by Crippen LogP contribution is -2.11. The summed E-state index contributed by atoms with van der Waals surface area (Å²) < 4.78 is 0. The topological polar surface area (TPSA) is 139 Å². The summed E-state index contributed by atoms with van der Waals surface area (Å²) in [4.78, 5) is 36.7. The number of allylic oxidation sites excluding steroid dienone is 1. The number of H-pyrrole nitrogens is 1. The first-order chi connectivity index (χ1) is 19.6. The summed E-state index contributed by atoms with van der Waals surface area (Å²) in [6.45, 7) is 0. The molecule has 10 nitrogen and oxygen atoms in total. The van der Waals surface area contributed by atoms with E-state index in [4.69, 9.17) is 0 Å². The smallest absolute Gasteiger partial charge is 0.230 e. The lowest BCUT2D eigenvalue weighted by Gasteiger charge is -2.04. The second-order valence-corrected chi connectivity index (χ2v) is 11.8. The van der Waals surface area contributed by atoms with Crippen LogP contribution in [0.2, 0.25) is 0 Å². The second kappa shape index (κ2) is 11.9. The van der Waals surface area contributed by atoms with E-state index < -0.39 is 0 Å². The molecule has 0 spiro atoms. The zero-order chi connectivity index (χ0) is 27.3. The maximum atomic E-state index is 12.6. The van der Waals surface area contributed by atoms with Crippen LogP contribution in [0.1, 0.15) is 51.0 Å². The number of unbranched alkanes of at least 4 members (excludes halogenated alkanes) is 1. The van der Waals surface area contributed by atoms with Crippen molar-refractivity contribution in [1.82, 2.24) is 35.3 Å². The van der Waals surface area contributed by atoms with Crippen LogP contribution in [0, 0.1) is 0 Å². The molecule has 1 aliphatic rings. The van der Waals surface area contributed by atoms with Gasteiger partial charge < -0.3 is 10.3 Å². The van der Waals surface area contributed by atoms with E-state index in [9.17, 15) is 9.59 Å². The van der Waals surface area contributed by atoms with Crippen molar-refractivity contribution in [2.75, 3.05) is 5.32 Å². The number of rotatable bonds is 12. The van der Waals surface area contributed by atoms with Crippen LogP contribution in [-0.4, -0.2) is 47.0 Å². The Morgan fingerprint density at radius 2 is 1.65 bits per heavy atom. The number of nitrogens with zero attached hydrogens (tertiary/aromatic N) is 6. The first-order valence-corrected chi connectivity index (χ1v) is 14.7. The molecule has 2 N–H and O–H groups in total. The Hall–Kier alpha value is -4.16. The fourth-order valence-electron chi connectivity index (χ4n) is 4.76. The van der Waals surface area contributed by atoms with Gasteiger partial charge in [-0.2, -0.15) is 0 Å². The molecule has 0 unspecified atom stereocenters. The number of anilines is 1. The quantitative estimate of drug-likeness (QED) is 0.208. The lowest BCUT2D eigenvalue weighted by atomic mass is 10.1. The molecule has 40 heavy (non-hydrogen) atoms. The van der Waals surface area contributed by atoms with Gasteiger partial charge >= 0.3 is 0 Å². The number of Topliss-reactive ketones (excluding diaryl/α,β-unsaturated/α-hetero) is 1. The number of carbonyl (C=O) groups excluding carboxylic acids is 2. The van der Waals surface area contributed by atoms with Gasteiger partial charge in [-0.05, 0) is 53.7 Å². The van der Waals surface area contributed by atoms with E-state index in [-0.39, 0.29) is 18.1 Å². The lowest BCUT2D eigenvalue weighted by molar-refractivity contribution is -0.118. The summed E-state index contributed by atoms with van der Waals surface area (Å²) in [6, 6.07) is 3.89.